The van der Waals surface area contributed by atoms with Crippen LogP contribution in [0.2, 0.25) is 0 Å². The lowest BCUT2D eigenvalue weighted by atomic mass is 10.3. The van der Waals surface area contributed by atoms with E-state index < -0.39 is 21.7 Å². The summed E-state index contributed by atoms with van der Waals surface area (Å²) in [4.78, 5) is 5.01. The summed E-state index contributed by atoms with van der Waals surface area (Å²) in [6, 6.07) is 9.82. The SMILES string of the molecule is CCc1ccc(S(=O)(=O)Nc2ccc(Nc3ccc(F)c(F)c3)cn2)s1. The van der Waals surface area contributed by atoms with Crippen LogP contribution in [-0.4, -0.2) is 13.4 Å². The summed E-state index contributed by atoms with van der Waals surface area (Å²) in [6.45, 7) is 1.95. The first-order chi connectivity index (χ1) is 12.4. The van der Waals surface area contributed by atoms with Gasteiger partial charge in [-0.1, -0.05) is 6.92 Å². The molecule has 0 aliphatic carbocycles. The first-order valence-electron chi connectivity index (χ1n) is 7.67. The van der Waals surface area contributed by atoms with Gasteiger partial charge in [0, 0.05) is 16.6 Å². The highest BCUT2D eigenvalue weighted by Crippen LogP contribution is 2.24. The van der Waals surface area contributed by atoms with E-state index >= 15 is 0 Å². The minimum absolute atomic E-state index is 0.160. The maximum Gasteiger partial charge on any atom is 0.272 e. The normalized spacial score (nSPS) is 11.3. The number of thiophene rings is 1. The van der Waals surface area contributed by atoms with E-state index in [2.05, 4.69) is 15.0 Å². The molecule has 0 saturated carbocycles. The fraction of sp³-hybridized carbons (Fsp3) is 0.118. The van der Waals surface area contributed by atoms with Gasteiger partial charge in [0.05, 0.1) is 11.9 Å². The van der Waals surface area contributed by atoms with Crippen LogP contribution in [0.4, 0.5) is 26.0 Å². The Morgan fingerprint density at radius 3 is 2.42 bits per heavy atom. The van der Waals surface area contributed by atoms with Gasteiger partial charge in [-0.2, -0.15) is 0 Å². The lowest BCUT2D eigenvalue weighted by Crippen LogP contribution is -2.12. The number of rotatable bonds is 6. The van der Waals surface area contributed by atoms with Crippen molar-refractivity contribution in [1.29, 1.82) is 0 Å². The molecule has 0 radical (unpaired) electrons. The lowest BCUT2D eigenvalue weighted by Gasteiger charge is -2.09. The largest absolute Gasteiger partial charge is 0.354 e. The molecule has 1 aromatic carbocycles. The van der Waals surface area contributed by atoms with Gasteiger partial charge in [0.25, 0.3) is 10.0 Å². The Balaban J connectivity index is 1.71. The van der Waals surface area contributed by atoms with E-state index in [0.29, 0.717) is 11.4 Å². The predicted octanol–water partition coefficient (Wildman–Crippen LogP) is 4.53. The molecule has 136 valence electrons. The number of halogens is 2. The summed E-state index contributed by atoms with van der Waals surface area (Å²) < 4.78 is 53.5. The predicted molar refractivity (Wildman–Crippen MR) is 98.4 cm³/mol. The second-order valence-electron chi connectivity index (χ2n) is 5.37. The van der Waals surface area contributed by atoms with Gasteiger partial charge in [-0.3, -0.25) is 4.72 Å². The first-order valence-corrected chi connectivity index (χ1v) is 9.97. The molecule has 9 heteroatoms. The molecule has 0 aliphatic rings. The molecule has 0 bridgehead atoms. The lowest BCUT2D eigenvalue weighted by molar-refractivity contribution is 0.509. The fourth-order valence-electron chi connectivity index (χ4n) is 2.15. The van der Waals surface area contributed by atoms with E-state index in [-0.39, 0.29) is 10.0 Å². The Kier molecular flexibility index (Phi) is 5.19. The van der Waals surface area contributed by atoms with Crippen molar-refractivity contribution in [3.8, 4) is 0 Å². The quantitative estimate of drug-likeness (QED) is 0.643. The van der Waals surface area contributed by atoms with Gasteiger partial charge in [-0.05, 0) is 42.8 Å². The molecule has 0 spiro atoms. The van der Waals surface area contributed by atoms with E-state index in [1.807, 2.05) is 6.92 Å². The van der Waals surface area contributed by atoms with Crippen LogP contribution in [0.25, 0.3) is 0 Å². The highest BCUT2D eigenvalue weighted by molar-refractivity contribution is 7.94. The van der Waals surface area contributed by atoms with Crippen molar-refractivity contribution in [2.75, 3.05) is 10.0 Å². The van der Waals surface area contributed by atoms with Gasteiger partial charge >= 0.3 is 0 Å². The van der Waals surface area contributed by atoms with Gasteiger partial charge in [-0.15, -0.1) is 11.3 Å². The number of nitrogens with one attached hydrogen (secondary N) is 2. The van der Waals surface area contributed by atoms with Crippen LogP contribution in [0.3, 0.4) is 0 Å². The van der Waals surface area contributed by atoms with Crippen molar-refractivity contribution in [2.45, 2.75) is 17.6 Å². The van der Waals surface area contributed by atoms with Crippen LogP contribution in [-0.2, 0) is 16.4 Å². The maximum atomic E-state index is 13.2. The molecule has 5 nitrogen and oxygen atoms in total. The van der Waals surface area contributed by atoms with Crippen molar-refractivity contribution in [1.82, 2.24) is 4.98 Å². The molecule has 0 unspecified atom stereocenters. The number of aryl methyl sites for hydroxylation is 1. The summed E-state index contributed by atoms with van der Waals surface area (Å²) >= 11 is 1.21. The van der Waals surface area contributed by atoms with E-state index in [1.165, 1.54) is 29.7 Å². The van der Waals surface area contributed by atoms with E-state index in [1.54, 1.807) is 18.2 Å². The van der Waals surface area contributed by atoms with Crippen molar-refractivity contribution < 1.29 is 17.2 Å². The van der Waals surface area contributed by atoms with Gasteiger partial charge in [-0.25, -0.2) is 22.2 Å². The number of aromatic nitrogens is 1. The third kappa shape index (κ3) is 4.17. The van der Waals surface area contributed by atoms with Crippen molar-refractivity contribution in [3.63, 3.8) is 0 Å². The third-order valence-electron chi connectivity index (χ3n) is 3.46. The second-order valence-corrected chi connectivity index (χ2v) is 8.44. The average molecular weight is 395 g/mol. The Morgan fingerprint density at radius 2 is 1.81 bits per heavy atom. The molecule has 26 heavy (non-hydrogen) atoms. The van der Waals surface area contributed by atoms with Crippen LogP contribution in [0.5, 0.6) is 0 Å². The van der Waals surface area contributed by atoms with E-state index in [9.17, 15) is 17.2 Å². The molecule has 2 aromatic heterocycles. The zero-order valence-corrected chi connectivity index (χ0v) is 15.3. The number of benzene rings is 1. The molecule has 0 amide bonds. The van der Waals surface area contributed by atoms with Crippen LogP contribution in [0.15, 0.2) is 52.9 Å². The highest BCUT2D eigenvalue weighted by atomic mass is 32.2. The molecule has 3 aromatic rings. The Labute approximate surface area is 153 Å². The number of nitrogens with zero attached hydrogens (tertiary/aromatic N) is 1. The Morgan fingerprint density at radius 1 is 1.04 bits per heavy atom. The molecule has 2 N–H and O–H groups in total. The van der Waals surface area contributed by atoms with Crippen LogP contribution < -0.4 is 10.0 Å². The second kappa shape index (κ2) is 7.38. The average Bonchev–Trinajstić information content (AvgIpc) is 3.10. The summed E-state index contributed by atoms with van der Waals surface area (Å²) in [5, 5.41) is 2.86. The van der Waals surface area contributed by atoms with Crippen LogP contribution in [0, 0.1) is 11.6 Å². The monoisotopic (exact) mass is 395 g/mol. The Hall–Kier alpha value is -2.52. The van der Waals surface area contributed by atoms with Gasteiger partial charge < -0.3 is 5.32 Å². The van der Waals surface area contributed by atoms with Gasteiger partial charge in [0.2, 0.25) is 0 Å². The van der Waals surface area contributed by atoms with Crippen LogP contribution in [0.1, 0.15) is 11.8 Å². The van der Waals surface area contributed by atoms with Crippen molar-refractivity contribution in [3.05, 3.63) is 65.2 Å². The number of pyridine rings is 1. The molecule has 2 heterocycles. The smallest absolute Gasteiger partial charge is 0.272 e. The highest BCUT2D eigenvalue weighted by Gasteiger charge is 2.17. The molecule has 0 atom stereocenters. The third-order valence-corrected chi connectivity index (χ3v) is 6.54. The summed E-state index contributed by atoms with van der Waals surface area (Å²) in [5.74, 6) is -1.74. The van der Waals surface area contributed by atoms with Crippen LogP contribution >= 0.6 is 11.3 Å². The minimum atomic E-state index is -3.69. The molecule has 0 aliphatic heterocycles. The fourth-order valence-corrected chi connectivity index (χ4v) is 4.45. The maximum absolute atomic E-state index is 13.2. The van der Waals surface area contributed by atoms with Crippen molar-refractivity contribution in [2.24, 2.45) is 0 Å². The minimum Gasteiger partial charge on any atom is -0.354 e. The number of anilines is 3. The number of sulfonamides is 1. The summed E-state index contributed by atoms with van der Waals surface area (Å²) in [5.41, 5.74) is 0.855. The van der Waals surface area contributed by atoms with E-state index in [0.717, 1.165) is 23.4 Å². The zero-order chi connectivity index (χ0) is 18.7. The van der Waals surface area contributed by atoms with E-state index in [4.69, 9.17) is 0 Å². The summed E-state index contributed by atoms with van der Waals surface area (Å²) in [6.07, 6.45) is 2.16. The standard InChI is InChI=1S/C17H15F2N3O2S2/c1-2-13-5-8-17(25-13)26(23,24)22-16-7-4-12(10-20-16)21-11-3-6-14(18)15(19)9-11/h3-10,21H,2H2,1H3,(H,20,22). The topological polar surface area (TPSA) is 71.1 Å². The van der Waals surface area contributed by atoms with Crippen molar-refractivity contribution >= 4 is 38.6 Å². The van der Waals surface area contributed by atoms with Gasteiger partial charge in [0.1, 0.15) is 10.0 Å². The zero-order valence-electron chi connectivity index (χ0n) is 13.7. The van der Waals surface area contributed by atoms with Gasteiger partial charge in [0.15, 0.2) is 11.6 Å². The molecule has 0 saturated heterocycles. The number of hydrogen-bond donors (Lipinski definition) is 2. The first kappa shape index (κ1) is 18.3. The molecule has 3 rings (SSSR count). The molecular formula is C17H15F2N3O2S2. The molecule has 0 fully saturated rings. The molecular weight excluding hydrogens is 380 g/mol. The number of hydrogen-bond acceptors (Lipinski definition) is 5. The summed E-state index contributed by atoms with van der Waals surface area (Å²) in [7, 11) is -3.69. The Bertz CT molecular complexity index is 1020.